The highest BCUT2D eigenvalue weighted by atomic mass is 35.5. The quantitative estimate of drug-likeness (QED) is 0.272. The van der Waals surface area contributed by atoms with Gasteiger partial charge in [-0.1, -0.05) is 65.7 Å². The largest absolute Gasteiger partial charge is 0.416 e. The standard InChI is InChI=1S/C27H23Cl2F3N2O/c1-34-16-23(21-7-2-3-8-25(21)34)22(18-5-4-6-19(13-18)27(30,31)32)15-26(35)33-12-11-17-9-10-20(28)14-24(17)29/h2-10,13-14,16,22H,11-12,15H2,1H3,(H,33,35). The molecule has 0 fully saturated rings. The molecule has 0 aliphatic carbocycles. The van der Waals surface area contributed by atoms with Gasteiger partial charge in [-0.2, -0.15) is 13.2 Å². The number of nitrogens with one attached hydrogen (secondary N) is 1. The molecule has 1 heterocycles. The Bertz CT molecular complexity index is 1360. The van der Waals surface area contributed by atoms with Crippen LogP contribution in [-0.4, -0.2) is 17.0 Å². The number of carbonyl (C=O) groups excluding carboxylic acids is 1. The van der Waals surface area contributed by atoms with E-state index in [2.05, 4.69) is 5.32 Å². The second-order valence-corrected chi connectivity index (χ2v) is 9.27. The first-order chi connectivity index (χ1) is 16.6. The van der Waals surface area contributed by atoms with E-state index in [0.717, 1.165) is 34.2 Å². The third kappa shape index (κ3) is 5.82. The first kappa shape index (κ1) is 25.1. The van der Waals surface area contributed by atoms with Crippen LogP contribution in [0, 0.1) is 0 Å². The van der Waals surface area contributed by atoms with E-state index < -0.39 is 17.7 Å². The Hall–Kier alpha value is -2.96. The van der Waals surface area contributed by atoms with E-state index in [1.165, 1.54) is 6.07 Å². The van der Waals surface area contributed by atoms with E-state index in [0.29, 0.717) is 28.6 Å². The molecule has 1 aromatic heterocycles. The molecule has 3 nitrogen and oxygen atoms in total. The lowest BCUT2D eigenvalue weighted by Crippen LogP contribution is -2.27. The number of fused-ring (bicyclic) bond motifs is 1. The molecule has 4 rings (SSSR count). The summed E-state index contributed by atoms with van der Waals surface area (Å²) < 4.78 is 42.2. The van der Waals surface area contributed by atoms with Crippen LogP contribution in [0.4, 0.5) is 13.2 Å². The third-order valence-corrected chi connectivity index (χ3v) is 6.63. The van der Waals surface area contributed by atoms with Crippen LogP contribution in [0.2, 0.25) is 10.0 Å². The van der Waals surface area contributed by atoms with Crippen molar-refractivity contribution in [2.24, 2.45) is 7.05 Å². The number of hydrogen-bond acceptors (Lipinski definition) is 1. The lowest BCUT2D eigenvalue weighted by molar-refractivity contribution is -0.137. The number of rotatable bonds is 7. The molecule has 8 heteroatoms. The van der Waals surface area contributed by atoms with Gasteiger partial charge in [0.05, 0.1) is 5.56 Å². The smallest absolute Gasteiger partial charge is 0.356 e. The van der Waals surface area contributed by atoms with Crippen molar-refractivity contribution in [1.29, 1.82) is 0 Å². The highest BCUT2D eigenvalue weighted by Gasteiger charge is 2.32. The van der Waals surface area contributed by atoms with Gasteiger partial charge in [0, 0.05) is 53.1 Å². The van der Waals surface area contributed by atoms with Crippen molar-refractivity contribution in [1.82, 2.24) is 9.88 Å². The predicted octanol–water partition coefficient (Wildman–Crippen LogP) is 7.38. The molecule has 0 aliphatic rings. The molecule has 182 valence electrons. The average molecular weight is 519 g/mol. The fourth-order valence-corrected chi connectivity index (χ4v) is 4.81. The molecule has 0 spiro atoms. The summed E-state index contributed by atoms with van der Waals surface area (Å²) in [6.45, 7) is 0.338. The summed E-state index contributed by atoms with van der Waals surface area (Å²) in [5, 5.41) is 4.83. The number of aryl methyl sites for hydroxylation is 1. The first-order valence-electron chi connectivity index (χ1n) is 11.0. The number of benzene rings is 3. The Balaban J connectivity index is 1.60. The Morgan fingerprint density at radius 3 is 2.54 bits per heavy atom. The monoisotopic (exact) mass is 518 g/mol. The highest BCUT2D eigenvalue weighted by molar-refractivity contribution is 6.35. The number of halogens is 5. The van der Waals surface area contributed by atoms with E-state index in [1.54, 1.807) is 24.3 Å². The summed E-state index contributed by atoms with van der Waals surface area (Å²) in [6.07, 6.45) is -2.08. The number of alkyl halides is 3. The first-order valence-corrected chi connectivity index (χ1v) is 11.8. The molecule has 35 heavy (non-hydrogen) atoms. The van der Waals surface area contributed by atoms with Crippen LogP contribution in [0.15, 0.2) is 72.9 Å². The highest BCUT2D eigenvalue weighted by Crippen LogP contribution is 2.37. The second kappa shape index (κ2) is 10.3. The van der Waals surface area contributed by atoms with Crippen molar-refractivity contribution < 1.29 is 18.0 Å². The topological polar surface area (TPSA) is 34.0 Å². The summed E-state index contributed by atoms with van der Waals surface area (Å²) in [5.74, 6) is -0.812. The van der Waals surface area contributed by atoms with E-state index in [4.69, 9.17) is 23.2 Å². The number of nitrogens with zero attached hydrogens (tertiary/aromatic N) is 1. The minimum absolute atomic E-state index is 0.00364. The third-order valence-electron chi connectivity index (χ3n) is 6.04. The Morgan fingerprint density at radius 1 is 1.03 bits per heavy atom. The minimum Gasteiger partial charge on any atom is -0.356 e. The van der Waals surface area contributed by atoms with Crippen molar-refractivity contribution in [3.63, 3.8) is 0 Å². The summed E-state index contributed by atoms with van der Waals surface area (Å²) in [6, 6.07) is 18.0. The lowest BCUT2D eigenvalue weighted by Gasteiger charge is -2.19. The van der Waals surface area contributed by atoms with Crippen LogP contribution in [0.25, 0.3) is 10.9 Å². The molecule has 0 bridgehead atoms. The van der Waals surface area contributed by atoms with Crippen LogP contribution in [0.5, 0.6) is 0 Å². The average Bonchev–Trinajstić information content (AvgIpc) is 3.15. The van der Waals surface area contributed by atoms with Gasteiger partial charge in [-0.3, -0.25) is 4.79 Å². The molecule has 4 aromatic rings. The lowest BCUT2D eigenvalue weighted by atomic mass is 9.87. The van der Waals surface area contributed by atoms with Crippen LogP contribution < -0.4 is 5.32 Å². The molecule has 1 amide bonds. The molecule has 1 unspecified atom stereocenters. The normalized spacial score (nSPS) is 12.6. The van der Waals surface area contributed by atoms with Crippen molar-refractivity contribution in [3.8, 4) is 0 Å². The number of para-hydroxylation sites is 1. The molecule has 0 saturated carbocycles. The molecule has 0 radical (unpaired) electrons. The zero-order valence-electron chi connectivity index (χ0n) is 18.9. The van der Waals surface area contributed by atoms with E-state index >= 15 is 0 Å². The SMILES string of the molecule is Cn1cc(C(CC(=O)NCCc2ccc(Cl)cc2Cl)c2cccc(C(F)(F)F)c2)c2ccccc21. The number of hydrogen-bond donors (Lipinski definition) is 1. The van der Waals surface area contributed by atoms with E-state index in [1.807, 2.05) is 42.1 Å². The zero-order chi connectivity index (χ0) is 25.2. The maximum absolute atomic E-state index is 13.4. The van der Waals surface area contributed by atoms with Crippen molar-refractivity contribution >= 4 is 40.0 Å². The molecule has 1 atom stereocenters. The van der Waals surface area contributed by atoms with Gasteiger partial charge >= 0.3 is 6.18 Å². The van der Waals surface area contributed by atoms with Gasteiger partial charge in [-0.05, 0) is 47.4 Å². The van der Waals surface area contributed by atoms with Crippen LogP contribution in [0.3, 0.4) is 0 Å². The van der Waals surface area contributed by atoms with Crippen LogP contribution in [0.1, 0.15) is 34.6 Å². The van der Waals surface area contributed by atoms with Gasteiger partial charge in [0.2, 0.25) is 5.91 Å². The van der Waals surface area contributed by atoms with Gasteiger partial charge in [0.1, 0.15) is 0 Å². The van der Waals surface area contributed by atoms with Gasteiger partial charge in [0.25, 0.3) is 0 Å². The number of amides is 1. The molecule has 3 aromatic carbocycles. The van der Waals surface area contributed by atoms with Gasteiger partial charge < -0.3 is 9.88 Å². The summed E-state index contributed by atoms with van der Waals surface area (Å²) >= 11 is 12.1. The summed E-state index contributed by atoms with van der Waals surface area (Å²) in [7, 11) is 1.88. The summed E-state index contributed by atoms with van der Waals surface area (Å²) in [4.78, 5) is 13.0. The fourth-order valence-electron chi connectivity index (χ4n) is 4.31. The maximum Gasteiger partial charge on any atom is 0.416 e. The Kier molecular flexibility index (Phi) is 7.43. The van der Waals surface area contributed by atoms with E-state index in [-0.39, 0.29) is 12.3 Å². The van der Waals surface area contributed by atoms with Crippen LogP contribution in [-0.2, 0) is 24.4 Å². The molecule has 0 aliphatic heterocycles. The maximum atomic E-state index is 13.4. The minimum atomic E-state index is -4.47. The summed E-state index contributed by atoms with van der Waals surface area (Å²) in [5.41, 5.74) is 2.29. The molecule has 1 N–H and O–H groups in total. The van der Waals surface area contributed by atoms with Gasteiger partial charge in [0.15, 0.2) is 0 Å². The Morgan fingerprint density at radius 2 is 1.80 bits per heavy atom. The fraction of sp³-hybridized carbons (Fsp3) is 0.222. The number of carbonyl (C=O) groups is 1. The van der Waals surface area contributed by atoms with Gasteiger partial charge in [-0.15, -0.1) is 0 Å². The van der Waals surface area contributed by atoms with Crippen LogP contribution >= 0.6 is 23.2 Å². The van der Waals surface area contributed by atoms with Crippen molar-refractivity contribution in [2.45, 2.75) is 24.9 Å². The molecular formula is C27H23Cl2F3N2O. The predicted molar refractivity (Wildman–Crippen MR) is 134 cm³/mol. The Labute approximate surface area is 211 Å². The molecule has 0 saturated heterocycles. The van der Waals surface area contributed by atoms with Gasteiger partial charge in [-0.25, -0.2) is 0 Å². The second-order valence-electron chi connectivity index (χ2n) is 8.43. The number of aromatic nitrogens is 1. The van der Waals surface area contributed by atoms with E-state index in [9.17, 15) is 18.0 Å². The van der Waals surface area contributed by atoms with Crippen molar-refractivity contribution in [2.75, 3.05) is 6.54 Å². The zero-order valence-corrected chi connectivity index (χ0v) is 20.4. The van der Waals surface area contributed by atoms with Crippen molar-refractivity contribution in [3.05, 3.63) is 105 Å². The molecular weight excluding hydrogens is 496 g/mol.